The van der Waals surface area contributed by atoms with Crippen LogP contribution in [0.1, 0.15) is 23.3 Å². The Hall–Kier alpha value is -1.62. The van der Waals surface area contributed by atoms with E-state index in [-0.39, 0.29) is 24.3 Å². The Morgan fingerprint density at radius 3 is 2.82 bits per heavy atom. The van der Waals surface area contributed by atoms with Gasteiger partial charge in [-0.2, -0.15) is 0 Å². The summed E-state index contributed by atoms with van der Waals surface area (Å²) >= 11 is 0. The van der Waals surface area contributed by atoms with Crippen LogP contribution >= 0.6 is 0 Å². The molecular weight excluding hydrogens is 222 g/mol. The Kier molecular flexibility index (Phi) is 3.93. The number of carbonyl (C=O) groups is 2. The molecule has 1 aromatic heterocycles. The molecule has 1 aliphatic rings. The van der Waals surface area contributed by atoms with E-state index in [1.165, 1.54) is 0 Å². The van der Waals surface area contributed by atoms with Crippen LogP contribution in [0.2, 0.25) is 0 Å². The summed E-state index contributed by atoms with van der Waals surface area (Å²) in [5.74, 6) is -0.635. The van der Waals surface area contributed by atoms with Gasteiger partial charge in [0.2, 0.25) is 5.78 Å². The average Bonchev–Trinajstić information content (AvgIpc) is 2.90. The van der Waals surface area contributed by atoms with E-state index in [0.29, 0.717) is 31.7 Å². The monoisotopic (exact) mass is 237 g/mol. The largest absolute Gasteiger partial charge is 0.457 e. The van der Waals surface area contributed by atoms with E-state index in [1.54, 1.807) is 18.3 Å². The Morgan fingerprint density at radius 1 is 1.41 bits per heavy atom. The minimum absolute atomic E-state index is 0.125. The lowest BCUT2D eigenvalue weighted by Gasteiger charge is -2.20. The minimum atomic E-state index is -0.298. The first-order chi connectivity index (χ1) is 8.27. The van der Waals surface area contributed by atoms with E-state index in [1.807, 2.05) is 0 Å². The number of H-pyrrole nitrogens is 1. The second-order valence-electron chi connectivity index (χ2n) is 4.00. The number of Topliss-reactive ketones (excluding diaryl/α,β-unsaturated/α-hetero) is 1. The lowest BCUT2D eigenvalue weighted by atomic mass is 10.0. The van der Waals surface area contributed by atoms with Crippen molar-refractivity contribution in [1.29, 1.82) is 0 Å². The summed E-state index contributed by atoms with van der Waals surface area (Å²) in [5, 5.41) is 0. The highest BCUT2D eigenvalue weighted by atomic mass is 16.5. The molecule has 0 radical (unpaired) electrons. The molecule has 5 nitrogen and oxygen atoms in total. The zero-order valence-electron chi connectivity index (χ0n) is 9.48. The molecule has 0 aliphatic carbocycles. The summed E-state index contributed by atoms with van der Waals surface area (Å²) in [7, 11) is 0. The molecule has 1 fully saturated rings. The van der Waals surface area contributed by atoms with Crippen molar-refractivity contribution in [2.24, 2.45) is 5.92 Å². The van der Waals surface area contributed by atoms with E-state index < -0.39 is 0 Å². The van der Waals surface area contributed by atoms with Gasteiger partial charge in [-0.25, -0.2) is 0 Å². The van der Waals surface area contributed by atoms with E-state index >= 15 is 0 Å². The molecule has 2 heterocycles. The van der Waals surface area contributed by atoms with Gasteiger partial charge < -0.3 is 14.5 Å². The van der Waals surface area contributed by atoms with Gasteiger partial charge in [-0.15, -0.1) is 0 Å². The van der Waals surface area contributed by atoms with Crippen molar-refractivity contribution >= 4 is 11.8 Å². The quantitative estimate of drug-likeness (QED) is 0.630. The number of aromatic amines is 1. The lowest BCUT2D eigenvalue weighted by molar-refractivity contribution is -0.150. The third kappa shape index (κ3) is 3.17. The van der Waals surface area contributed by atoms with Gasteiger partial charge in [0.05, 0.1) is 11.6 Å². The van der Waals surface area contributed by atoms with Gasteiger partial charge in [0.15, 0.2) is 6.61 Å². The van der Waals surface area contributed by atoms with Crippen LogP contribution in [0.3, 0.4) is 0 Å². The summed E-state index contributed by atoms with van der Waals surface area (Å²) < 4.78 is 10.2. The fourth-order valence-corrected chi connectivity index (χ4v) is 1.77. The molecule has 0 saturated carbocycles. The van der Waals surface area contributed by atoms with Gasteiger partial charge >= 0.3 is 5.97 Å². The summed E-state index contributed by atoms with van der Waals surface area (Å²) in [6.07, 6.45) is 3.01. The Bertz CT molecular complexity index is 379. The molecule has 5 heteroatoms. The van der Waals surface area contributed by atoms with Crippen LogP contribution in [0.5, 0.6) is 0 Å². The number of nitrogens with one attached hydrogen (secondary N) is 1. The molecule has 1 aliphatic heterocycles. The van der Waals surface area contributed by atoms with Crippen LogP contribution in [0.25, 0.3) is 0 Å². The van der Waals surface area contributed by atoms with Gasteiger partial charge in [0.25, 0.3) is 0 Å². The molecule has 2 rings (SSSR count). The van der Waals surface area contributed by atoms with Crippen LogP contribution in [0.4, 0.5) is 0 Å². The molecule has 0 unspecified atom stereocenters. The summed E-state index contributed by atoms with van der Waals surface area (Å²) in [4.78, 5) is 26.0. The Balaban J connectivity index is 1.77. The number of ketones is 1. The van der Waals surface area contributed by atoms with E-state index in [4.69, 9.17) is 9.47 Å². The van der Waals surface area contributed by atoms with Crippen LogP contribution in [0, 0.1) is 5.92 Å². The van der Waals surface area contributed by atoms with E-state index in [0.717, 1.165) is 0 Å². The SMILES string of the molecule is O=C(COC(=O)C1CCOCC1)c1ccc[nH]1. The van der Waals surface area contributed by atoms with Gasteiger partial charge in [-0.05, 0) is 25.0 Å². The van der Waals surface area contributed by atoms with Gasteiger partial charge in [0.1, 0.15) is 0 Å². The van der Waals surface area contributed by atoms with Crippen molar-refractivity contribution in [2.45, 2.75) is 12.8 Å². The third-order valence-electron chi connectivity index (χ3n) is 2.80. The Labute approximate surface area is 99.1 Å². The summed E-state index contributed by atoms with van der Waals surface area (Å²) in [5.41, 5.74) is 0.463. The van der Waals surface area contributed by atoms with Crippen molar-refractivity contribution in [3.05, 3.63) is 24.0 Å². The predicted octanol–water partition coefficient (Wildman–Crippen LogP) is 1.17. The van der Waals surface area contributed by atoms with E-state index in [9.17, 15) is 9.59 Å². The van der Waals surface area contributed by atoms with Gasteiger partial charge in [-0.1, -0.05) is 0 Å². The Morgan fingerprint density at radius 2 is 2.18 bits per heavy atom. The second-order valence-corrected chi connectivity index (χ2v) is 4.00. The molecule has 17 heavy (non-hydrogen) atoms. The van der Waals surface area contributed by atoms with Crippen LogP contribution < -0.4 is 0 Å². The van der Waals surface area contributed by atoms with Crippen molar-refractivity contribution in [1.82, 2.24) is 4.98 Å². The number of esters is 1. The smallest absolute Gasteiger partial charge is 0.309 e. The highest BCUT2D eigenvalue weighted by molar-refractivity contribution is 5.96. The lowest BCUT2D eigenvalue weighted by Crippen LogP contribution is -2.27. The fourth-order valence-electron chi connectivity index (χ4n) is 1.77. The standard InChI is InChI=1S/C12H15NO4/c14-11(10-2-1-5-13-10)8-17-12(15)9-3-6-16-7-4-9/h1-2,5,9,13H,3-4,6-8H2. The maximum atomic E-state index is 11.6. The molecule has 0 atom stereocenters. The second kappa shape index (κ2) is 5.63. The highest BCUT2D eigenvalue weighted by Gasteiger charge is 2.23. The van der Waals surface area contributed by atoms with Gasteiger partial charge in [-0.3, -0.25) is 9.59 Å². The van der Waals surface area contributed by atoms with Crippen molar-refractivity contribution in [2.75, 3.05) is 19.8 Å². The van der Waals surface area contributed by atoms with E-state index in [2.05, 4.69) is 4.98 Å². The third-order valence-corrected chi connectivity index (χ3v) is 2.80. The number of ether oxygens (including phenoxy) is 2. The maximum Gasteiger partial charge on any atom is 0.309 e. The number of rotatable bonds is 4. The number of hydrogen-bond acceptors (Lipinski definition) is 4. The van der Waals surface area contributed by atoms with Crippen LogP contribution in [-0.2, 0) is 14.3 Å². The van der Waals surface area contributed by atoms with Gasteiger partial charge in [0, 0.05) is 19.4 Å². The molecule has 0 amide bonds. The molecular formula is C12H15NO4. The predicted molar refractivity (Wildman–Crippen MR) is 59.6 cm³/mol. The first-order valence-corrected chi connectivity index (χ1v) is 5.68. The summed E-state index contributed by atoms with van der Waals surface area (Å²) in [6.45, 7) is 0.978. The molecule has 1 saturated heterocycles. The van der Waals surface area contributed by atoms with Crippen LogP contribution in [-0.4, -0.2) is 36.6 Å². The van der Waals surface area contributed by atoms with Crippen molar-refractivity contribution < 1.29 is 19.1 Å². The number of hydrogen-bond donors (Lipinski definition) is 1. The van der Waals surface area contributed by atoms with Crippen molar-refractivity contribution in [3.8, 4) is 0 Å². The minimum Gasteiger partial charge on any atom is -0.457 e. The number of aromatic nitrogens is 1. The normalized spacial score (nSPS) is 16.7. The fraction of sp³-hybridized carbons (Fsp3) is 0.500. The topological polar surface area (TPSA) is 68.4 Å². The summed E-state index contributed by atoms with van der Waals surface area (Å²) in [6, 6.07) is 3.39. The molecule has 92 valence electrons. The molecule has 0 aromatic carbocycles. The van der Waals surface area contributed by atoms with Crippen LogP contribution in [0.15, 0.2) is 18.3 Å². The molecule has 0 bridgehead atoms. The molecule has 1 N–H and O–H groups in total. The molecule has 1 aromatic rings. The average molecular weight is 237 g/mol. The van der Waals surface area contributed by atoms with Crippen molar-refractivity contribution in [3.63, 3.8) is 0 Å². The highest BCUT2D eigenvalue weighted by Crippen LogP contribution is 2.16. The maximum absolute atomic E-state index is 11.6. The first-order valence-electron chi connectivity index (χ1n) is 5.68. The first kappa shape index (κ1) is 11.9. The molecule has 0 spiro atoms. The zero-order valence-corrected chi connectivity index (χ0v) is 9.48. The zero-order chi connectivity index (χ0) is 12.1. The number of carbonyl (C=O) groups excluding carboxylic acids is 2.